The van der Waals surface area contributed by atoms with Crippen LogP contribution >= 0.6 is 0 Å². The highest BCUT2D eigenvalue weighted by Gasteiger charge is 2.25. The Bertz CT molecular complexity index is 1190. The zero-order valence-corrected chi connectivity index (χ0v) is 17.7. The maximum absolute atomic E-state index is 12.6. The lowest BCUT2D eigenvalue weighted by Gasteiger charge is -2.36. The summed E-state index contributed by atoms with van der Waals surface area (Å²) in [7, 11) is 0. The lowest BCUT2D eigenvalue weighted by Crippen LogP contribution is -2.49. The second-order valence-corrected chi connectivity index (χ2v) is 7.69. The van der Waals surface area contributed by atoms with Gasteiger partial charge in [-0.05, 0) is 26.0 Å². The van der Waals surface area contributed by atoms with Gasteiger partial charge in [-0.25, -0.2) is 9.48 Å². The molecule has 1 fully saturated rings. The summed E-state index contributed by atoms with van der Waals surface area (Å²) in [5.41, 5.74) is 3.27. The van der Waals surface area contributed by atoms with Gasteiger partial charge >= 0.3 is 5.69 Å². The number of hydrogen-bond acceptors (Lipinski definition) is 5. The van der Waals surface area contributed by atoms with Crippen molar-refractivity contribution < 1.29 is 4.79 Å². The van der Waals surface area contributed by atoms with Crippen molar-refractivity contribution in [2.24, 2.45) is 0 Å². The molecule has 1 aliphatic heterocycles. The van der Waals surface area contributed by atoms with Crippen LogP contribution in [0.4, 0.5) is 5.69 Å². The van der Waals surface area contributed by atoms with Gasteiger partial charge < -0.3 is 14.4 Å². The van der Waals surface area contributed by atoms with Gasteiger partial charge in [0.1, 0.15) is 0 Å². The van der Waals surface area contributed by atoms with E-state index in [1.165, 1.54) is 16.8 Å². The van der Waals surface area contributed by atoms with Crippen LogP contribution in [0.5, 0.6) is 0 Å². The standard InChI is InChI=1S/C22H26N6O3/c1-16-21(17(2)28(24-16)18-6-4-3-5-7-18)26-14-12-25(13-15-26)20(30)9-11-27-10-8-19(29)23-22(27)31/h3-8,10H,9,11-15H2,1-2H3,(H,23,29,31). The smallest absolute Gasteiger partial charge is 0.328 e. The van der Waals surface area contributed by atoms with Crippen LogP contribution < -0.4 is 16.1 Å². The van der Waals surface area contributed by atoms with Crippen molar-refractivity contribution in [2.75, 3.05) is 31.1 Å². The third-order valence-electron chi connectivity index (χ3n) is 5.67. The predicted octanol–water partition coefficient (Wildman–Crippen LogP) is 1.08. The third kappa shape index (κ3) is 4.30. The van der Waals surface area contributed by atoms with E-state index in [4.69, 9.17) is 5.10 Å². The number of para-hydroxylation sites is 1. The molecule has 9 nitrogen and oxygen atoms in total. The molecule has 0 saturated carbocycles. The molecule has 1 amide bonds. The molecule has 1 aromatic carbocycles. The number of carbonyl (C=O) groups is 1. The summed E-state index contributed by atoms with van der Waals surface area (Å²) in [6.07, 6.45) is 1.64. The van der Waals surface area contributed by atoms with Crippen molar-refractivity contribution in [3.8, 4) is 5.69 Å². The van der Waals surface area contributed by atoms with E-state index in [-0.39, 0.29) is 18.9 Å². The maximum atomic E-state index is 12.6. The lowest BCUT2D eigenvalue weighted by atomic mass is 10.2. The topological polar surface area (TPSA) is 96.2 Å². The average Bonchev–Trinajstić information content (AvgIpc) is 3.07. The van der Waals surface area contributed by atoms with Crippen LogP contribution in [0.3, 0.4) is 0 Å². The highest BCUT2D eigenvalue weighted by atomic mass is 16.2. The molecule has 2 aromatic heterocycles. The molecule has 0 atom stereocenters. The number of piperazine rings is 1. The van der Waals surface area contributed by atoms with Crippen molar-refractivity contribution >= 4 is 11.6 Å². The molecule has 0 bridgehead atoms. The number of aryl methyl sites for hydroxylation is 2. The van der Waals surface area contributed by atoms with Crippen LogP contribution in [0, 0.1) is 13.8 Å². The fourth-order valence-corrected chi connectivity index (χ4v) is 4.09. The molecule has 1 aliphatic rings. The Morgan fingerprint density at radius 1 is 1.03 bits per heavy atom. The summed E-state index contributed by atoms with van der Waals surface area (Å²) in [4.78, 5) is 41.9. The number of nitrogens with zero attached hydrogens (tertiary/aromatic N) is 5. The predicted molar refractivity (Wildman–Crippen MR) is 118 cm³/mol. The fraction of sp³-hybridized carbons (Fsp3) is 0.364. The van der Waals surface area contributed by atoms with Gasteiger partial charge in [0.05, 0.1) is 22.8 Å². The number of rotatable bonds is 5. The quantitative estimate of drug-likeness (QED) is 0.664. The lowest BCUT2D eigenvalue weighted by molar-refractivity contribution is -0.131. The summed E-state index contributed by atoms with van der Waals surface area (Å²) in [6.45, 7) is 7.03. The Labute approximate surface area is 179 Å². The Morgan fingerprint density at radius 3 is 2.42 bits per heavy atom. The molecule has 0 radical (unpaired) electrons. The Morgan fingerprint density at radius 2 is 1.74 bits per heavy atom. The molecular weight excluding hydrogens is 396 g/mol. The molecule has 0 aliphatic carbocycles. The van der Waals surface area contributed by atoms with E-state index in [0.29, 0.717) is 13.1 Å². The Kier molecular flexibility index (Phi) is 5.75. The molecule has 31 heavy (non-hydrogen) atoms. The number of benzene rings is 1. The van der Waals surface area contributed by atoms with Gasteiger partial charge in [-0.2, -0.15) is 5.10 Å². The van der Waals surface area contributed by atoms with E-state index in [9.17, 15) is 14.4 Å². The highest BCUT2D eigenvalue weighted by Crippen LogP contribution is 2.27. The van der Waals surface area contributed by atoms with E-state index in [2.05, 4.69) is 16.8 Å². The van der Waals surface area contributed by atoms with Gasteiger partial charge in [0.2, 0.25) is 5.91 Å². The van der Waals surface area contributed by atoms with E-state index in [1.54, 1.807) is 0 Å². The minimum absolute atomic E-state index is 0.00572. The fourth-order valence-electron chi connectivity index (χ4n) is 4.09. The van der Waals surface area contributed by atoms with Gasteiger partial charge in [0.25, 0.3) is 5.56 Å². The molecule has 1 saturated heterocycles. The first-order valence-corrected chi connectivity index (χ1v) is 10.4. The van der Waals surface area contributed by atoms with Gasteiger partial charge in [0, 0.05) is 51.4 Å². The number of hydrogen-bond donors (Lipinski definition) is 1. The monoisotopic (exact) mass is 422 g/mol. The zero-order chi connectivity index (χ0) is 22.0. The largest absolute Gasteiger partial charge is 0.365 e. The number of nitrogens with one attached hydrogen (secondary N) is 1. The van der Waals surface area contributed by atoms with Crippen LogP contribution in [0.25, 0.3) is 5.69 Å². The van der Waals surface area contributed by atoms with Gasteiger partial charge in [0.15, 0.2) is 0 Å². The van der Waals surface area contributed by atoms with Crippen LogP contribution in [-0.2, 0) is 11.3 Å². The summed E-state index contributed by atoms with van der Waals surface area (Å²) >= 11 is 0. The van der Waals surface area contributed by atoms with Gasteiger partial charge in [-0.15, -0.1) is 0 Å². The molecule has 1 N–H and O–H groups in total. The normalized spacial score (nSPS) is 14.1. The second kappa shape index (κ2) is 8.63. The Balaban J connectivity index is 1.38. The van der Waals surface area contributed by atoms with Crippen LogP contribution in [0.2, 0.25) is 0 Å². The van der Waals surface area contributed by atoms with Crippen LogP contribution in [0.1, 0.15) is 17.8 Å². The first kappa shape index (κ1) is 20.6. The number of H-pyrrole nitrogens is 1. The molecule has 4 rings (SSSR count). The zero-order valence-electron chi connectivity index (χ0n) is 17.7. The molecule has 3 aromatic rings. The minimum Gasteiger partial charge on any atom is -0.365 e. The molecular formula is C22H26N6O3. The summed E-state index contributed by atoms with van der Waals surface area (Å²) < 4.78 is 3.31. The number of anilines is 1. The Hall–Kier alpha value is -3.62. The van der Waals surface area contributed by atoms with Crippen molar-refractivity contribution in [3.63, 3.8) is 0 Å². The van der Waals surface area contributed by atoms with E-state index >= 15 is 0 Å². The molecule has 0 unspecified atom stereocenters. The first-order valence-electron chi connectivity index (χ1n) is 10.4. The number of amides is 1. The van der Waals surface area contributed by atoms with E-state index < -0.39 is 11.2 Å². The number of aromatic nitrogens is 4. The first-order chi connectivity index (χ1) is 14.9. The van der Waals surface area contributed by atoms with Crippen molar-refractivity contribution in [2.45, 2.75) is 26.8 Å². The molecule has 162 valence electrons. The molecule has 9 heteroatoms. The summed E-state index contributed by atoms with van der Waals surface area (Å²) in [5.74, 6) is 0.00572. The van der Waals surface area contributed by atoms with Crippen LogP contribution in [-0.4, -0.2) is 56.3 Å². The SMILES string of the molecule is Cc1nn(-c2ccccc2)c(C)c1N1CCN(C(=O)CCn2ccc(=O)[nH]c2=O)CC1. The highest BCUT2D eigenvalue weighted by molar-refractivity contribution is 5.76. The van der Waals surface area contributed by atoms with Gasteiger partial charge in [-0.1, -0.05) is 18.2 Å². The summed E-state index contributed by atoms with van der Waals surface area (Å²) in [5, 5.41) is 4.72. The minimum atomic E-state index is -0.494. The van der Waals surface area contributed by atoms with Crippen molar-refractivity contribution in [3.05, 3.63) is 74.8 Å². The van der Waals surface area contributed by atoms with Crippen LogP contribution in [0.15, 0.2) is 52.2 Å². The second-order valence-electron chi connectivity index (χ2n) is 7.69. The third-order valence-corrected chi connectivity index (χ3v) is 5.67. The van der Waals surface area contributed by atoms with E-state index in [0.717, 1.165) is 35.9 Å². The molecule has 3 heterocycles. The van der Waals surface area contributed by atoms with E-state index in [1.807, 2.05) is 46.8 Å². The number of carbonyl (C=O) groups excluding carboxylic acids is 1. The number of aromatic amines is 1. The summed E-state index contributed by atoms with van der Waals surface area (Å²) in [6, 6.07) is 11.3. The maximum Gasteiger partial charge on any atom is 0.328 e. The van der Waals surface area contributed by atoms with Crippen molar-refractivity contribution in [1.82, 2.24) is 24.2 Å². The average molecular weight is 422 g/mol. The molecule has 0 spiro atoms. The van der Waals surface area contributed by atoms with Crippen molar-refractivity contribution in [1.29, 1.82) is 0 Å². The van der Waals surface area contributed by atoms with Gasteiger partial charge in [-0.3, -0.25) is 14.6 Å².